The van der Waals surface area contributed by atoms with Gasteiger partial charge in [-0.15, -0.1) is 0 Å². The Bertz CT molecular complexity index is 641. The first-order chi connectivity index (χ1) is 10.2. The van der Waals surface area contributed by atoms with E-state index in [2.05, 4.69) is 45.5 Å². The summed E-state index contributed by atoms with van der Waals surface area (Å²) in [5.41, 5.74) is 3.13. The highest BCUT2D eigenvalue weighted by atomic mass is 79.9. The largest absolute Gasteiger partial charge is 0.316 e. The molecule has 0 aromatic heterocycles. The third-order valence-electron chi connectivity index (χ3n) is 4.41. The third-order valence-corrected chi connectivity index (χ3v) is 5.13. The lowest BCUT2D eigenvalue weighted by Gasteiger charge is -2.33. The van der Waals surface area contributed by atoms with Gasteiger partial charge < -0.3 is 5.32 Å². The van der Waals surface area contributed by atoms with Gasteiger partial charge >= 0.3 is 0 Å². The van der Waals surface area contributed by atoms with Crippen LogP contribution in [-0.2, 0) is 0 Å². The maximum atomic E-state index is 13.9. The quantitative estimate of drug-likeness (QED) is 0.825. The lowest BCUT2D eigenvalue weighted by molar-refractivity contribution is 0.402. The molecule has 1 saturated heterocycles. The van der Waals surface area contributed by atoms with Crippen molar-refractivity contribution in [2.24, 2.45) is 0 Å². The third kappa shape index (κ3) is 3.04. The second-order valence-corrected chi connectivity index (χ2v) is 6.59. The zero-order chi connectivity index (χ0) is 14.8. The van der Waals surface area contributed by atoms with Gasteiger partial charge in [-0.1, -0.05) is 46.3 Å². The lowest BCUT2D eigenvalue weighted by atomic mass is 9.77. The number of piperidine rings is 1. The molecular formula is C18H19BrFN. The molecule has 1 heterocycles. The summed E-state index contributed by atoms with van der Waals surface area (Å²) in [5.74, 6) is 0.633. The molecule has 110 valence electrons. The van der Waals surface area contributed by atoms with E-state index in [1.807, 2.05) is 19.1 Å². The first kappa shape index (κ1) is 14.7. The number of halogens is 2. The number of aryl methyl sites for hydroxylation is 1. The average molecular weight is 348 g/mol. The predicted molar refractivity (Wildman–Crippen MR) is 88.2 cm³/mol. The highest BCUT2D eigenvalue weighted by Gasteiger charge is 2.29. The van der Waals surface area contributed by atoms with E-state index in [4.69, 9.17) is 0 Å². The zero-order valence-corrected chi connectivity index (χ0v) is 13.7. The molecule has 21 heavy (non-hydrogen) atoms. The summed E-state index contributed by atoms with van der Waals surface area (Å²) in [6.07, 6.45) is 1.04. The van der Waals surface area contributed by atoms with E-state index in [1.165, 1.54) is 5.56 Å². The normalized spacial score (nSPS) is 22.2. The molecule has 2 aromatic carbocycles. The second-order valence-electron chi connectivity index (χ2n) is 5.74. The van der Waals surface area contributed by atoms with Crippen molar-refractivity contribution in [3.63, 3.8) is 0 Å². The summed E-state index contributed by atoms with van der Waals surface area (Å²) >= 11 is 3.66. The Hall–Kier alpha value is -1.19. The van der Waals surface area contributed by atoms with E-state index >= 15 is 0 Å². The van der Waals surface area contributed by atoms with Crippen molar-refractivity contribution < 1.29 is 4.39 Å². The molecule has 1 fully saturated rings. The predicted octanol–water partition coefficient (Wildman–Crippen LogP) is 4.76. The molecule has 3 rings (SSSR count). The van der Waals surface area contributed by atoms with Crippen LogP contribution in [0.15, 0.2) is 46.9 Å². The Balaban J connectivity index is 1.98. The van der Waals surface area contributed by atoms with Gasteiger partial charge in [0.05, 0.1) is 0 Å². The van der Waals surface area contributed by atoms with Crippen molar-refractivity contribution in [2.45, 2.75) is 25.2 Å². The number of hydrogen-bond donors (Lipinski definition) is 1. The zero-order valence-electron chi connectivity index (χ0n) is 12.1. The van der Waals surface area contributed by atoms with Crippen LogP contribution in [0.25, 0.3) is 0 Å². The summed E-state index contributed by atoms with van der Waals surface area (Å²) < 4.78 is 15.1. The van der Waals surface area contributed by atoms with Crippen molar-refractivity contribution in [1.29, 1.82) is 0 Å². The Labute approximate surface area is 133 Å². The fourth-order valence-corrected chi connectivity index (χ4v) is 3.78. The van der Waals surface area contributed by atoms with Gasteiger partial charge in [0.1, 0.15) is 5.82 Å². The molecule has 3 heteroatoms. The van der Waals surface area contributed by atoms with Crippen LogP contribution in [0.5, 0.6) is 0 Å². The van der Waals surface area contributed by atoms with Crippen molar-refractivity contribution in [3.05, 3.63) is 69.4 Å². The van der Waals surface area contributed by atoms with E-state index in [9.17, 15) is 4.39 Å². The number of hydrogen-bond acceptors (Lipinski definition) is 1. The first-order valence-electron chi connectivity index (χ1n) is 7.38. The molecule has 1 N–H and O–H groups in total. The van der Waals surface area contributed by atoms with Crippen molar-refractivity contribution in [3.8, 4) is 0 Å². The molecule has 0 radical (unpaired) electrons. The molecule has 0 amide bonds. The molecular weight excluding hydrogens is 329 g/mol. The topological polar surface area (TPSA) is 12.0 Å². The molecule has 0 bridgehead atoms. The fourth-order valence-electron chi connectivity index (χ4n) is 3.20. The summed E-state index contributed by atoms with van der Waals surface area (Å²) in [4.78, 5) is 0. The van der Waals surface area contributed by atoms with Crippen LogP contribution in [0, 0.1) is 12.7 Å². The van der Waals surface area contributed by atoms with Gasteiger partial charge in [0.15, 0.2) is 0 Å². The second kappa shape index (κ2) is 6.29. The smallest absolute Gasteiger partial charge is 0.126 e. The summed E-state index contributed by atoms with van der Waals surface area (Å²) in [7, 11) is 0. The summed E-state index contributed by atoms with van der Waals surface area (Å²) in [5, 5.41) is 3.47. The molecule has 2 aromatic rings. The van der Waals surface area contributed by atoms with Gasteiger partial charge in [-0.3, -0.25) is 0 Å². The molecule has 0 spiro atoms. The molecule has 0 saturated carbocycles. The lowest BCUT2D eigenvalue weighted by Crippen LogP contribution is -2.34. The summed E-state index contributed by atoms with van der Waals surface area (Å²) in [6.45, 7) is 3.73. The van der Waals surface area contributed by atoms with Gasteiger partial charge in [0.2, 0.25) is 0 Å². The van der Waals surface area contributed by atoms with Gasteiger partial charge in [0.25, 0.3) is 0 Å². The van der Waals surface area contributed by atoms with Crippen LogP contribution in [0.4, 0.5) is 4.39 Å². The highest BCUT2D eigenvalue weighted by molar-refractivity contribution is 9.10. The van der Waals surface area contributed by atoms with Gasteiger partial charge in [-0.25, -0.2) is 4.39 Å². The standard InChI is InChI=1S/C18H19BrFN/c1-12-6-7-13(10-18(12)20)14-8-9-21-11-16(14)15-4-2-3-5-17(15)19/h2-7,10,14,16,21H,8-9,11H2,1H3. The monoisotopic (exact) mass is 347 g/mol. The van der Waals surface area contributed by atoms with E-state index in [0.717, 1.165) is 29.5 Å². The van der Waals surface area contributed by atoms with E-state index in [0.29, 0.717) is 17.4 Å². The molecule has 1 aliphatic heterocycles. The minimum absolute atomic E-state index is 0.100. The van der Waals surface area contributed by atoms with Crippen molar-refractivity contribution >= 4 is 15.9 Å². The Kier molecular flexibility index (Phi) is 4.41. The van der Waals surface area contributed by atoms with Crippen LogP contribution >= 0.6 is 15.9 Å². The maximum Gasteiger partial charge on any atom is 0.126 e. The molecule has 1 nitrogen and oxygen atoms in total. The van der Waals surface area contributed by atoms with E-state index in [-0.39, 0.29) is 5.82 Å². The molecule has 2 unspecified atom stereocenters. The first-order valence-corrected chi connectivity index (χ1v) is 8.17. The summed E-state index contributed by atoms with van der Waals surface area (Å²) in [6, 6.07) is 14.0. The van der Waals surface area contributed by atoms with Crippen LogP contribution in [0.2, 0.25) is 0 Å². The van der Waals surface area contributed by atoms with E-state index in [1.54, 1.807) is 6.07 Å². The van der Waals surface area contributed by atoms with E-state index < -0.39 is 0 Å². The molecule has 1 aliphatic rings. The minimum atomic E-state index is -0.100. The van der Waals surface area contributed by atoms with Crippen molar-refractivity contribution in [1.82, 2.24) is 5.32 Å². The van der Waals surface area contributed by atoms with Crippen LogP contribution < -0.4 is 5.32 Å². The fraction of sp³-hybridized carbons (Fsp3) is 0.333. The highest BCUT2D eigenvalue weighted by Crippen LogP contribution is 2.40. The molecule has 0 aliphatic carbocycles. The van der Waals surface area contributed by atoms with Crippen molar-refractivity contribution in [2.75, 3.05) is 13.1 Å². The van der Waals surface area contributed by atoms with Crippen LogP contribution in [0.3, 0.4) is 0 Å². The molecule has 2 atom stereocenters. The van der Waals surface area contributed by atoms with Crippen LogP contribution in [0.1, 0.15) is 34.9 Å². The SMILES string of the molecule is Cc1ccc(C2CCNCC2c2ccccc2Br)cc1F. The Morgan fingerprint density at radius 3 is 2.71 bits per heavy atom. The average Bonchev–Trinajstić information content (AvgIpc) is 2.51. The number of nitrogens with one attached hydrogen (secondary N) is 1. The number of rotatable bonds is 2. The Morgan fingerprint density at radius 1 is 1.14 bits per heavy atom. The maximum absolute atomic E-state index is 13.9. The van der Waals surface area contributed by atoms with Gasteiger partial charge in [0, 0.05) is 16.9 Å². The van der Waals surface area contributed by atoms with Gasteiger partial charge in [-0.2, -0.15) is 0 Å². The minimum Gasteiger partial charge on any atom is -0.316 e. The number of benzene rings is 2. The van der Waals surface area contributed by atoms with Gasteiger partial charge in [-0.05, 0) is 54.6 Å². The Morgan fingerprint density at radius 2 is 1.95 bits per heavy atom. The van der Waals surface area contributed by atoms with Crippen LogP contribution in [-0.4, -0.2) is 13.1 Å².